The second-order valence-corrected chi connectivity index (χ2v) is 8.99. The van der Waals surface area contributed by atoms with Crippen LogP contribution in [0.1, 0.15) is 58.9 Å². The molecule has 1 aliphatic rings. The maximum Gasteiger partial charge on any atom is 0.302 e. The van der Waals surface area contributed by atoms with Crippen LogP contribution in [0.5, 0.6) is 0 Å². The first kappa shape index (κ1) is 27.3. The average molecular weight is 475 g/mol. The number of hydrogen-bond acceptors (Lipinski definition) is 6. The Hall–Kier alpha value is -2.94. The van der Waals surface area contributed by atoms with E-state index in [1.165, 1.54) is 6.92 Å². The third-order valence-electron chi connectivity index (χ3n) is 6.05. The van der Waals surface area contributed by atoms with Crippen LogP contribution >= 0.6 is 0 Å². The summed E-state index contributed by atoms with van der Waals surface area (Å²) in [4.78, 5) is 51.8. The maximum atomic E-state index is 13.2. The number of carbonyl (C=O) groups is 4. The van der Waals surface area contributed by atoms with E-state index in [0.29, 0.717) is 25.1 Å². The van der Waals surface area contributed by atoms with Gasteiger partial charge in [0.2, 0.25) is 17.7 Å². The van der Waals surface area contributed by atoms with E-state index in [4.69, 9.17) is 4.74 Å². The third-order valence-corrected chi connectivity index (χ3v) is 6.05. The molecule has 0 spiro atoms. The standard InChI is InChI=1S/C25H38N4O5/c1-6-20(26-5)25(33)29-14-8-7-9-21(29)23(31)28-22(16(2)3)24(32)27-19-12-10-18(11-13-19)15-34-17(4)30/h10-13,16,20-22,26H,6-9,14-15H2,1-5H3,(H,27,32)(H,28,31)/t20-,21-,22-/m0/s1. The molecule has 2 rings (SSSR count). The Balaban J connectivity index is 2.06. The number of hydrogen-bond donors (Lipinski definition) is 3. The Bertz CT molecular complexity index is 851. The highest BCUT2D eigenvalue weighted by molar-refractivity contribution is 5.98. The summed E-state index contributed by atoms with van der Waals surface area (Å²) in [5.41, 5.74) is 1.38. The third kappa shape index (κ3) is 7.55. The largest absolute Gasteiger partial charge is 0.461 e. The first-order chi connectivity index (χ1) is 16.2. The minimum atomic E-state index is -0.752. The Kier molecular flexibility index (Phi) is 10.5. The molecule has 3 amide bonds. The van der Waals surface area contributed by atoms with Gasteiger partial charge in [-0.3, -0.25) is 19.2 Å². The summed E-state index contributed by atoms with van der Waals surface area (Å²) >= 11 is 0. The number of amides is 3. The normalized spacial score (nSPS) is 17.6. The van der Waals surface area contributed by atoms with Crippen molar-refractivity contribution in [2.24, 2.45) is 5.92 Å². The molecule has 1 aromatic rings. The van der Waals surface area contributed by atoms with Gasteiger partial charge in [-0.05, 0) is 56.3 Å². The lowest BCUT2D eigenvalue weighted by Crippen LogP contribution is -2.59. The van der Waals surface area contributed by atoms with E-state index in [9.17, 15) is 19.2 Å². The summed E-state index contributed by atoms with van der Waals surface area (Å²) < 4.78 is 4.97. The van der Waals surface area contributed by atoms with Crippen molar-refractivity contribution in [2.45, 2.75) is 78.1 Å². The van der Waals surface area contributed by atoms with E-state index in [1.807, 2.05) is 20.8 Å². The second kappa shape index (κ2) is 13.1. The highest BCUT2D eigenvalue weighted by Crippen LogP contribution is 2.20. The molecule has 9 nitrogen and oxygen atoms in total. The molecule has 1 aliphatic heterocycles. The van der Waals surface area contributed by atoms with Gasteiger partial charge in [-0.2, -0.15) is 0 Å². The van der Waals surface area contributed by atoms with Crippen molar-refractivity contribution in [1.29, 1.82) is 0 Å². The van der Waals surface area contributed by atoms with Gasteiger partial charge in [0.05, 0.1) is 6.04 Å². The molecule has 9 heteroatoms. The van der Waals surface area contributed by atoms with E-state index < -0.39 is 12.1 Å². The van der Waals surface area contributed by atoms with Gasteiger partial charge in [0, 0.05) is 19.2 Å². The van der Waals surface area contributed by atoms with E-state index in [0.717, 1.165) is 18.4 Å². The summed E-state index contributed by atoms with van der Waals surface area (Å²) in [6.07, 6.45) is 2.93. The molecule has 0 aliphatic carbocycles. The number of nitrogens with zero attached hydrogens (tertiary/aromatic N) is 1. The summed E-state index contributed by atoms with van der Waals surface area (Å²) in [6, 6.07) is 5.30. The summed E-state index contributed by atoms with van der Waals surface area (Å²) in [6.45, 7) is 7.71. The lowest BCUT2D eigenvalue weighted by molar-refractivity contribution is -0.144. The van der Waals surface area contributed by atoms with Crippen molar-refractivity contribution < 1.29 is 23.9 Å². The molecule has 0 radical (unpaired) electrons. The topological polar surface area (TPSA) is 117 Å². The molecule has 188 valence electrons. The molecule has 3 atom stereocenters. The van der Waals surface area contributed by atoms with Gasteiger partial charge in [-0.15, -0.1) is 0 Å². The van der Waals surface area contributed by atoms with Gasteiger partial charge >= 0.3 is 5.97 Å². The zero-order valence-electron chi connectivity index (χ0n) is 20.8. The smallest absolute Gasteiger partial charge is 0.302 e. The van der Waals surface area contributed by atoms with Crippen molar-refractivity contribution >= 4 is 29.4 Å². The highest BCUT2D eigenvalue weighted by Gasteiger charge is 2.36. The van der Waals surface area contributed by atoms with Crippen molar-refractivity contribution in [2.75, 3.05) is 18.9 Å². The van der Waals surface area contributed by atoms with Crippen LogP contribution in [-0.4, -0.2) is 60.3 Å². The number of nitrogens with one attached hydrogen (secondary N) is 3. The molecule has 0 unspecified atom stereocenters. The molecular weight excluding hydrogens is 436 g/mol. The number of benzene rings is 1. The van der Waals surface area contributed by atoms with Gasteiger partial charge in [0.15, 0.2) is 0 Å². The van der Waals surface area contributed by atoms with Crippen molar-refractivity contribution in [3.63, 3.8) is 0 Å². The van der Waals surface area contributed by atoms with Crippen LogP contribution in [0.15, 0.2) is 24.3 Å². The van der Waals surface area contributed by atoms with E-state index in [-0.39, 0.29) is 42.3 Å². The van der Waals surface area contributed by atoms with E-state index >= 15 is 0 Å². The predicted octanol–water partition coefficient (Wildman–Crippen LogP) is 2.21. The monoisotopic (exact) mass is 474 g/mol. The summed E-state index contributed by atoms with van der Waals surface area (Å²) in [7, 11) is 1.74. The molecular formula is C25H38N4O5. The maximum absolute atomic E-state index is 13.2. The van der Waals surface area contributed by atoms with Crippen LogP contribution in [0, 0.1) is 5.92 Å². The Morgan fingerprint density at radius 1 is 1.12 bits per heavy atom. The van der Waals surface area contributed by atoms with Crippen molar-refractivity contribution in [3.8, 4) is 0 Å². The highest BCUT2D eigenvalue weighted by atomic mass is 16.5. The van der Waals surface area contributed by atoms with E-state index in [1.54, 1.807) is 36.2 Å². The molecule has 3 N–H and O–H groups in total. The van der Waals surface area contributed by atoms with Crippen LogP contribution in [-0.2, 0) is 30.5 Å². The average Bonchev–Trinajstić information content (AvgIpc) is 2.82. The fourth-order valence-electron chi connectivity index (χ4n) is 4.04. The quantitative estimate of drug-likeness (QED) is 0.448. The molecule has 0 bridgehead atoms. The molecule has 1 aromatic carbocycles. The first-order valence-electron chi connectivity index (χ1n) is 12.0. The second-order valence-electron chi connectivity index (χ2n) is 8.99. The van der Waals surface area contributed by atoms with Gasteiger partial charge in [0.25, 0.3) is 0 Å². The number of likely N-dealkylation sites (tertiary alicyclic amines) is 1. The Morgan fingerprint density at radius 3 is 2.35 bits per heavy atom. The zero-order chi connectivity index (χ0) is 25.3. The predicted molar refractivity (Wildman–Crippen MR) is 130 cm³/mol. The van der Waals surface area contributed by atoms with Crippen molar-refractivity contribution in [3.05, 3.63) is 29.8 Å². The fourth-order valence-corrected chi connectivity index (χ4v) is 4.04. The van der Waals surface area contributed by atoms with Crippen molar-refractivity contribution in [1.82, 2.24) is 15.5 Å². The molecule has 1 saturated heterocycles. The van der Waals surface area contributed by atoms with E-state index in [2.05, 4.69) is 16.0 Å². The van der Waals surface area contributed by atoms with Crippen LogP contribution in [0.4, 0.5) is 5.69 Å². The summed E-state index contributed by atoms with van der Waals surface area (Å²) in [5, 5.41) is 8.75. The lowest BCUT2D eigenvalue weighted by atomic mass is 9.97. The van der Waals surface area contributed by atoms with Crippen LogP contribution in [0.2, 0.25) is 0 Å². The van der Waals surface area contributed by atoms with Gasteiger partial charge < -0.3 is 25.6 Å². The van der Waals surface area contributed by atoms with Gasteiger partial charge in [0.1, 0.15) is 18.7 Å². The van der Waals surface area contributed by atoms with Crippen LogP contribution in [0.3, 0.4) is 0 Å². The van der Waals surface area contributed by atoms with Gasteiger partial charge in [-0.25, -0.2) is 0 Å². The van der Waals surface area contributed by atoms with Crippen LogP contribution in [0.25, 0.3) is 0 Å². The number of esters is 1. The Morgan fingerprint density at radius 2 is 1.79 bits per heavy atom. The molecule has 34 heavy (non-hydrogen) atoms. The van der Waals surface area contributed by atoms with Crippen LogP contribution < -0.4 is 16.0 Å². The number of likely N-dealkylation sites (N-methyl/N-ethyl adjacent to an activating group) is 1. The lowest BCUT2D eigenvalue weighted by Gasteiger charge is -2.37. The Labute approximate surface area is 202 Å². The number of ether oxygens (including phenoxy) is 1. The fraction of sp³-hybridized carbons (Fsp3) is 0.600. The zero-order valence-corrected chi connectivity index (χ0v) is 20.8. The number of carbonyl (C=O) groups excluding carboxylic acids is 4. The first-order valence-corrected chi connectivity index (χ1v) is 12.0. The SMILES string of the molecule is CC[C@H](NC)C(=O)N1CCCC[C@H]1C(=O)N[C@H](C(=O)Nc1ccc(COC(C)=O)cc1)C(C)C. The van der Waals surface area contributed by atoms with Gasteiger partial charge in [-0.1, -0.05) is 32.9 Å². The summed E-state index contributed by atoms with van der Waals surface area (Å²) in [5.74, 6) is -1.22. The molecule has 1 heterocycles. The minimum Gasteiger partial charge on any atom is -0.461 e. The molecule has 1 fully saturated rings. The number of anilines is 1. The number of rotatable bonds is 10. The minimum absolute atomic E-state index is 0.0794. The molecule has 0 aromatic heterocycles. The molecule has 0 saturated carbocycles. The number of piperidine rings is 1.